The summed E-state index contributed by atoms with van der Waals surface area (Å²) in [5.74, 6) is -1.79. The molecule has 4 aliphatic carbocycles. The van der Waals surface area contributed by atoms with Gasteiger partial charge in [-0.3, -0.25) is 24.5 Å². The molecular formula is C41H56N5O6+. The van der Waals surface area contributed by atoms with Gasteiger partial charge in [0.05, 0.1) is 23.4 Å². The SMILES string of the molecule is C[C@]1(C(=O)NC(=O)[C@@]2(C)CCC[C@]3(C)c4cc(NC(=O)[C@@H](N)CCC(=O)[OH2+])ccc4CC[C@@H]23)CCC[C@]2(C)c3cc(NC(=O)CN)ccc3CC[C@@H]12. The molecule has 0 spiro atoms. The molecule has 52 heavy (non-hydrogen) atoms. The summed E-state index contributed by atoms with van der Waals surface area (Å²) in [4.78, 5) is 65.1. The predicted molar refractivity (Wildman–Crippen MR) is 200 cm³/mol. The highest BCUT2D eigenvalue weighted by atomic mass is 16.4. The molecule has 4 amide bonds. The van der Waals surface area contributed by atoms with Gasteiger partial charge in [0, 0.05) is 16.2 Å². The zero-order valence-corrected chi connectivity index (χ0v) is 31.1. The fraction of sp³-hybridized carbons (Fsp3) is 0.585. The average molecular weight is 715 g/mol. The molecule has 0 saturated heterocycles. The van der Waals surface area contributed by atoms with E-state index >= 15 is 0 Å². The lowest BCUT2D eigenvalue weighted by atomic mass is 9.49. The quantitative estimate of drug-likeness (QED) is 0.189. The van der Waals surface area contributed by atoms with E-state index in [-0.39, 0.29) is 59.8 Å². The van der Waals surface area contributed by atoms with Crippen molar-refractivity contribution in [1.82, 2.24) is 5.32 Å². The van der Waals surface area contributed by atoms with Crippen LogP contribution >= 0.6 is 0 Å². The number of fused-ring (bicyclic) bond motifs is 6. The number of rotatable bonds is 9. The summed E-state index contributed by atoms with van der Waals surface area (Å²) in [6.07, 6.45) is 8.18. The number of aryl methyl sites for hydroxylation is 2. The van der Waals surface area contributed by atoms with Crippen LogP contribution in [0.4, 0.5) is 11.4 Å². The van der Waals surface area contributed by atoms with Crippen molar-refractivity contribution in [2.24, 2.45) is 34.1 Å². The molecule has 280 valence electrons. The van der Waals surface area contributed by atoms with Gasteiger partial charge >= 0.3 is 5.97 Å². The second kappa shape index (κ2) is 14.0. The zero-order valence-electron chi connectivity index (χ0n) is 31.1. The van der Waals surface area contributed by atoms with Crippen LogP contribution in [0.3, 0.4) is 0 Å². The molecule has 11 nitrogen and oxygen atoms in total. The highest BCUT2D eigenvalue weighted by molar-refractivity contribution is 6.01. The first-order valence-corrected chi connectivity index (χ1v) is 19.0. The first kappa shape index (κ1) is 37.7. The largest absolute Gasteiger partial charge is 0.565 e. The third-order valence-corrected chi connectivity index (χ3v) is 13.7. The molecule has 0 unspecified atom stereocenters. The number of carbonyl (C=O) groups is 5. The first-order chi connectivity index (χ1) is 24.5. The fourth-order valence-electron chi connectivity index (χ4n) is 10.9. The smallest absolute Gasteiger partial charge is 0.516 e. The van der Waals surface area contributed by atoms with Crippen LogP contribution in [0.25, 0.3) is 0 Å². The van der Waals surface area contributed by atoms with Crippen LogP contribution < -0.4 is 27.4 Å². The maximum Gasteiger partial charge on any atom is 0.516 e. The molecule has 11 heteroatoms. The number of nitrogens with one attached hydrogen (secondary N) is 3. The summed E-state index contributed by atoms with van der Waals surface area (Å²) in [6.45, 7) is 8.44. The summed E-state index contributed by atoms with van der Waals surface area (Å²) < 4.78 is 0. The van der Waals surface area contributed by atoms with Gasteiger partial charge in [0.2, 0.25) is 23.6 Å². The van der Waals surface area contributed by atoms with Gasteiger partial charge < -0.3 is 27.2 Å². The Balaban J connectivity index is 1.21. The van der Waals surface area contributed by atoms with E-state index in [1.807, 2.05) is 38.1 Å². The molecule has 2 aromatic carbocycles. The summed E-state index contributed by atoms with van der Waals surface area (Å²) >= 11 is 0. The Morgan fingerprint density at radius 3 is 1.71 bits per heavy atom. The number of anilines is 2. The molecule has 9 N–H and O–H groups in total. The van der Waals surface area contributed by atoms with Crippen molar-refractivity contribution < 1.29 is 29.1 Å². The van der Waals surface area contributed by atoms with Crippen molar-refractivity contribution >= 4 is 41.0 Å². The van der Waals surface area contributed by atoms with Gasteiger partial charge in [-0.25, -0.2) is 0 Å². The Labute approximate surface area is 306 Å². The highest BCUT2D eigenvalue weighted by Crippen LogP contribution is 2.59. The summed E-state index contributed by atoms with van der Waals surface area (Å²) in [7, 11) is 0. The van der Waals surface area contributed by atoms with Gasteiger partial charge in [-0.1, -0.05) is 52.7 Å². The van der Waals surface area contributed by atoms with Crippen molar-refractivity contribution in [3.8, 4) is 0 Å². The van der Waals surface area contributed by atoms with E-state index in [9.17, 15) is 24.0 Å². The van der Waals surface area contributed by atoms with E-state index in [2.05, 4.69) is 41.9 Å². The molecule has 2 fully saturated rings. The van der Waals surface area contributed by atoms with Crippen LogP contribution in [0.2, 0.25) is 0 Å². The molecule has 7 atom stereocenters. The van der Waals surface area contributed by atoms with E-state index in [0.29, 0.717) is 24.2 Å². The van der Waals surface area contributed by atoms with E-state index in [0.717, 1.165) is 56.9 Å². The minimum atomic E-state index is -0.901. The minimum Gasteiger partial charge on any atom is -0.565 e. The molecule has 0 aliphatic heterocycles. The van der Waals surface area contributed by atoms with E-state index in [1.54, 1.807) is 0 Å². The molecule has 4 aliphatic rings. The van der Waals surface area contributed by atoms with Crippen LogP contribution in [0.5, 0.6) is 0 Å². The second-order valence-corrected chi connectivity index (χ2v) is 16.9. The standard InChI is InChI=1S/C41H55N5O6/c1-38-17-5-19-40(3,31(38)14-9-24-7-11-26(21-28(24)38)44-33(47)23-42)36(51)46-37(52)41(4)20-6-18-39(2)29-22-27(12-8-25(29)10-15-32(39)41)45-35(50)30(43)13-16-34(48)49/h7-8,11-12,21-22,30-32H,5-6,9-10,13-20,23,42-43H2,1-4H3,(H,44,47)(H,45,50)(H,48,49)(H,46,51,52)/p+1/t30-,31+,32+,38+,39+,40-,41-/m0/s1. The minimum absolute atomic E-state index is 0.0153. The molecule has 0 radical (unpaired) electrons. The molecule has 6 rings (SSSR count). The number of hydrogen-bond acceptors (Lipinski definition) is 7. The van der Waals surface area contributed by atoms with Crippen molar-refractivity contribution in [2.45, 2.75) is 122 Å². The maximum absolute atomic E-state index is 14.5. The lowest BCUT2D eigenvalue weighted by Crippen LogP contribution is -2.60. The lowest BCUT2D eigenvalue weighted by Gasteiger charge is -2.56. The monoisotopic (exact) mass is 714 g/mol. The number of nitrogens with two attached hydrogens (primary N) is 2. The molecule has 2 saturated carbocycles. The van der Waals surface area contributed by atoms with Gasteiger partial charge in [-0.2, -0.15) is 0 Å². The molecular weight excluding hydrogens is 658 g/mol. The Morgan fingerprint density at radius 1 is 0.769 bits per heavy atom. The topological polar surface area (TPSA) is 196 Å². The van der Waals surface area contributed by atoms with Crippen molar-refractivity contribution in [2.75, 3.05) is 17.2 Å². The van der Waals surface area contributed by atoms with E-state index in [4.69, 9.17) is 16.6 Å². The van der Waals surface area contributed by atoms with Crippen LogP contribution in [-0.4, -0.2) is 47.3 Å². The second-order valence-electron chi connectivity index (χ2n) is 16.9. The van der Waals surface area contributed by atoms with Gasteiger partial charge in [-0.05, 0) is 127 Å². The Morgan fingerprint density at radius 2 is 1.25 bits per heavy atom. The fourth-order valence-corrected chi connectivity index (χ4v) is 10.9. The number of amides is 4. The van der Waals surface area contributed by atoms with Crippen molar-refractivity contribution in [3.63, 3.8) is 0 Å². The highest BCUT2D eigenvalue weighted by Gasteiger charge is 2.58. The van der Waals surface area contributed by atoms with E-state index < -0.39 is 28.7 Å². The molecule has 0 aromatic heterocycles. The predicted octanol–water partition coefficient (Wildman–Crippen LogP) is 4.24. The average Bonchev–Trinajstić information content (AvgIpc) is 3.10. The normalized spacial score (nSPS) is 31.0. The molecule has 2 aromatic rings. The Bertz CT molecular complexity index is 1790. The number of hydrogen-bond donors (Lipinski definition) is 5. The van der Waals surface area contributed by atoms with Crippen LogP contribution in [0.1, 0.15) is 114 Å². The van der Waals surface area contributed by atoms with E-state index in [1.165, 1.54) is 16.7 Å². The van der Waals surface area contributed by atoms with Crippen LogP contribution in [-0.2, 0) is 47.6 Å². The molecule has 0 heterocycles. The lowest BCUT2D eigenvalue weighted by molar-refractivity contribution is -0.150. The van der Waals surface area contributed by atoms with Crippen LogP contribution in [0.15, 0.2) is 36.4 Å². The Hall–Kier alpha value is -4.09. The third kappa shape index (κ3) is 6.55. The van der Waals surface area contributed by atoms with Gasteiger partial charge in [-0.15, -0.1) is 0 Å². The maximum atomic E-state index is 14.5. The van der Waals surface area contributed by atoms with Gasteiger partial charge in [0.25, 0.3) is 0 Å². The van der Waals surface area contributed by atoms with Gasteiger partial charge in [0.15, 0.2) is 0 Å². The number of carbonyl (C=O) groups excluding carboxylic acids is 5. The van der Waals surface area contributed by atoms with Crippen molar-refractivity contribution in [3.05, 3.63) is 58.7 Å². The van der Waals surface area contributed by atoms with Gasteiger partial charge in [0.1, 0.15) is 6.42 Å². The summed E-state index contributed by atoms with van der Waals surface area (Å²) in [5.41, 5.74) is 15.4. The summed E-state index contributed by atoms with van der Waals surface area (Å²) in [5, 5.41) is 15.9. The van der Waals surface area contributed by atoms with Crippen LogP contribution in [0, 0.1) is 22.7 Å². The van der Waals surface area contributed by atoms with Crippen molar-refractivity contribution in [1.29, 1.82) is 0 Å². The third-order valence-electron chi connectivity index (χ3n) is 13.7. The molecule has 0 bridgehead atoms. The number of imide groups is 1. The Kier molecular flexibility index (Phi) is 10.2. The first-order valence-electron chi connectivity index (χ1n) is 19.0. The number of benzene rings is 2. The zero-order chi connectivity index (χ0) is 37.6. The summed E-state index contributed by atoms with van der Waals surface area (Å²) in [6, 6.07) is 11.1.